The molecule has 29 heavy (non-hydrogen) atoms. The van der Waals surface area contributed by atoms with Crippen LogP contribution in [0.25, 0.3) is 5.82 Å². The van der Waals surface area contributed by atoms with Crippen molar-refractivity contribution in [3.05, 3.63) is 65.2 Å². The quantitative estimate of drug-likeness (QED) is 0.447. The van der Waals surface area contributed by atoms with Crippen molar-refractivity contribution in [3.8, 4) is 5.82 Å². The van der Waals surface area contributed by atoms with E-state index >= 15 is 0 Å². The largest absolute Gasteiger partial charge is 0.352 e. The van der Waals surface area contributed by atoms with Gasteiger partial charge in [0.15, 0.2) is 11.6 Å². The fourth-order valence-electron chi connectivity index (χ4n) is 3.08. The van der Waals surface area contributed by atoms with Gasteiger partial charge in [-0.2, -0.15) is 4.31 Å². The highest BCUT2D eigenvalue weighted by atomic mass is 32.2. The molecule has 2 aromatic heterocycles. The summed E-state index contributed by atoms with van der Waals surface area (Å²) in [6.45, 7) is 1.37. The highest BCUT2D eigenvalue weighted by molar-refractivity contribution is 7.89. The number of anilines is 1. The van der Waals surface area contributed by atoms with Crippen LogP contribution in [-0.2, 0) is 10.0 Å². The summed E-state index contributed by atoms with van der Waals surface area (Å²) in [6, 6.07) is 8.74. The van der Waals surface area contributed by atoms with E-state index < -0.39 is 14.9 Å². The standard InChI is InChI=1S/C17H17N7O4S/c25-24(26)14-2-1-3-15(12-14)29(27,28)23-10-8-21(9-11-23)16-4-5-17(20-19-16)22-7-6-18-13-22/h1-7,12-13H,8-11H2. The summed E-state index contributed by atoms with van der Waals surface area (Å²) in [4.78, 5) is 16.2. The normalized spacial score (nSPS) is 15.4. The Morgan fingerprint density at radius 1 is 1.00 bits per heavy atom. The number of nitrogens with zero attached hydrogens (tertiary/aromatic N) is 7. The van der Waals surface area contributed by atoms with Gasteiger partial charge in [0.2, 0.25) is 10.0 Å². The molecule has 3 heterocycles. The summed E-state index contributed by atoms with van der Waals surface area (Å²) in [5.74, 6) is 1.29. The van der Waals surface area contributed by atoms with E-state index in [-0.39, 0.29) is 23.7 Å². The zero-order valence-electron chi connectivity index (χ0n) is 15.2. The van der Waals surface area contributed by atoms with E-state index in [2.05, 4.69) is 15.2 Å². The fourth-order valence-corrected chi connectivity index (χ4v) is 4.55. The van der Waals surface area contributed by atoms with Crippen molar-refractivity contribution in [1.29, 1.82) is 0 Å². The van der Waals surface area contributed by atoms with E-state index in [1.54, 1.807) is 23.3 Å². The van der Waals surface area contributed by atoms with Crippen LogP contribution < -0.4 is 4.90 Å². The molecular formula is C17H17N7O4S. The van der Waals surface area contributed by atoms with Gasteiger partial charge in [0, 0.05) is 50.7 Å². The summed E-state index contributed by atoms with van der Waals surface area (Å²) < 4.78 is 28.7. The molecule has 0 spiro atoms. The number of hydrogen-bond acceptors (Lipinski definition) is 8. The molecule has 0 amide bonds. The van der Waals surface area contributed by atoms with Gasteiger partial charge in [-0.3, -0.25) is 14.7 Å². The molecule has 12 heteroatoms. The molecule has 0 radical (unpaired) electrons. The third-order valence-corrected chi connectivity index (χ3v) is 6.53. The molecule has 1 fully saturated rings. The number of benzene rings is 1. The highest BCUT2D eigenvalue weighted by Crippen LogP contribution is 2.23. The van der Waals surface area contributed by atoms with Gasteiger partial charge in [-0.15, -0.1) is 10.2 Å². The molecule has 1 saturated heterocycles. The predicted molar refractivity (Wildman–Crippen MR) is 103 cm³/mol. The van der Waals surface area contributed by atoms with Crippen LogP contribution >= 0.6 is 0 Å². The summed E-state index contributed by atoms with van der Waals surface area (Å²) in [5, 5.41) is 19.3. The number of sulfonamides is 1. The Morgan fingerprint density at radius 3 is 2.34 bits per heavy atom. The maximum atomic E-state index is 12.8. The number of non-ortho nitro benzene ring substituents is 1. The minimum atomic E-state index is -3.80. The van der Waals surface area contributed by atoms with Crippen molar-refractivity contribution in [1.82, 2.24) is 24.1 Å². The minimum absolute atomic E-state index is 0.0790. The topological polar surface area (TPSA) is 127 Å². The van der Waals surface area contributed by atoms with Gasteiger partial charge in [-0.25, -0.2) is 13.4 Å². The number of aromatic nitrogens is 4. The zero-order chi connectivity index (χ0) is 20.4. The zero-order valence-corrected chi connectivity index (χ0v) is 16.0. The van der Waals surface area contributed by atoms with E-state index in [4.69, 9.17) is 0 Å². The second-order valence-electron chi connectivity index (χ2n) is 6.37. The van der Waals surface area contributed by atoms with Crippen molar-refractivity contribution < 1.29 is 13.3 Å². The Morgan fingerprint density at radius 2 is 1.72 bits per heavy atom. The summed E-state index contributed by atoms with van der Waals surface area (Å²) >= 11 is 0. The van der Waals surface area contributed by atoms with Crippen LogP contribution in [0.5, 0.6) is 0 Å². The molecule has 0 bridgehead atoms. The fraction of sp³-hybridized carbons (Fsp3) is 0.235. The van der Waals surface area contributed by atoms with Crippen LogP contribution in [0.15, 0.2) is 60.0 Å². The smallest absolute Gasteiger partial charge is 0.270 e. The van der Waals surface area contributed by atoms with Gasteiger partial charge < -0.3 is 4.90 Å². The Balaban J connectivity index is 1.45. The van der Waals surface area contributed by atoms with Gasteiger partial charge in [-0.1, -0.05) is 6.07 Å². The first-order valence-corrected chi connectivity index (χ1v) is 10.2. The number of piperazine rings is 1. The molecule has 150 valence electrons. The molecule has 0 unspecified atom stereocenters. The van der Waals surface area contributed by atoms with Crippen molar-refractivity contribution in [2.75, 3.05) is 31.1 Å². The van der Waals surface area contributed by atoms with Crippen LogP contribution in [0, 0.1) is 10.1 Å². The Kier molecular flexibility index (Phi) is 4.94. The molecule has 11 nitrogen and oxygen atoms in total. The number of rotatable bonds is 5. The van der Waals surface area contributed by atoms with Gasteiger partial charge in [-0.05, 0) is 18.2 Å². The maximum absolute atomic E-state index is 12.8. The average molecular weight is 415 g/mol. The Bertz CT molecular complexity index is 1110. The number of nitro benzene ring substituents is 1. The Hall–Kier alpha value is -3.38. The van der Waals surface area contributed by atoms with Gasteiger partial charge in [0.05, 0.1) is 9.82 Å². The van der Waals surface area contributed by atoms with E-state index in [0.717, 1.165) is 6.07 Å². The molecular weight excluding hydrogens is 398 g/mol. The van der Waals surface area contributed by atoms with Gasteiger partial charge in [0.25, 0.3) is 5.69 Å². The van der Waals surface area contributed by atoms with Crippen molar-refractivity contribution in [3.63, 3.8) is 0 Å². The predicted octanol–water partition coefficient (Wildman–Crippen LogP) is 1.08. The maximum Gasteiger partial charge on any atom is 0.270 e. The minimum Gasteiger partial charge on any atom is -0.352 e. The lowest BCUT2D eigenvalue weighted by atomic mass is 10.3. The van der Waals surface area contributed by atoms with Crippen LogP contribution in [-0.4, -0.2) is 63.6 Å². The van der Waals surface area contributed by atoms with Crippen LogP contribution in [0.4, 0.5) is 11.5 Å². The van der Waals surface area contributed by atoms with Gasteiger partial charge >= 0.3 is 0 Å². The molecule has 3 aromatic rings. The van der Waals surface area contributed by atoms with E-state index in [9.17, 15) is 18.5 Å². The number of nitro groups is 1. The molecule has 0 atom stereocenters. The summed E-state index contributed by atoms with van der Waals surface area (Å²) in [6.07, 6.45) is 5.04. The van der Waals surface area contributed by atoms with Crippen LogP contribution in [0.1, 0.15) is 0 Å². The van der Waals surface area contributed by atoms with Gasteiger partial charge in [0.1, 0.15) is 6.33 Å². The third kappa shape index (κ3) is 3.79. The van der Waals surface area contributed by atoms with Crippen molar-refractivity contribution >= 4 is 21.5 Å². The first-order chi connectivity index (χ1) is 13.9. The number of hydrogen-bond donors (Lipinski definition) is 0. The lowest BCUT2D eigenvalue weighted by molar-refractivity contribution is -0.385. The molecule has 4 rings (SSSR count). The molecule has 0 saturated carbocycles. The second-order valence-corrected chi connectivity index (χ2v) is 8.30. The summed E-state index contributed by atoms with van der Waals surface area (Å²) in [7, 11) is -3.80. The van der Waals surface area contributed by atoms with E-state index in [1.165, 1.54) is 22.5 Å². The molecule has 0 N–H and O–H groups in total. The van der Waals surface area contributed by atoms with Crippen LogP contribution in [0.3, 0.4) is 0 Å². The molecule has 1 aliphatic heterocycles. The van der Waals surface area contributed by atoms with E-state index in [0.29, 0.717) is 24.7 Å². The molecule has 0 aliphatic carbocycles. The monoisotopic (exact) mass is 415 g/mol. The molecule has 1 aromatic carbocycles. The number of imidazole rings is 1. The first-order valence-electron chi connectivity index (χ1n) is 8.77. The van der Waals surface area contributed by atoms with Crippen molar-refractivity contribution in [2.24, 2.45) is 0 Å². The molecule has 1 aliphatic rings. The average Bonchev–Trinajstić information content (AvgIpc) is 3.29. The highest BCUT2D eigenvalue weighted by Gasteiger charge is 2.30. The first kappa shape index (κ1) is 19.0. The lowest BCUT2D eigenvalue weighted by Gasteiger charge is -2.34. The SMILES string of the molecule is O=[N+]([O-])c1cccc(S(=O)(=O)N2CCN(c3ccc(-n4ccnc4)nn3)CC2)c1. The summed E-state index contributed by atoms with van der Waals surface area (Å²) in [5.41, 5.74) is -0.252. The van der Waals surface area contributed by atoms with Crippen LogP contribution in [0.2, 0.25) is 0 Å². The second kappa shape index (κ2) is 7.56. The third-order valence-electron chi connectivity index (χ3n) is 4.63. The van der Waals surface area contributed by atoms with E-state index in [1.807, 2.05) is 17.0 Å². The van der Waals surface area contributed by atoms with Crippen molar-refractivity contribution in [2.45, 2.75) is 4.90 Å². The lowest BCUT2D eigenvalue weighted by Crippen LogP contribution is -2.49. The Labute approximate surface area is 166 Å².